The third kappa shape index (κ3) is 9.68. The number of halogens is 1. The molecule has 0 aliphatic carbocycles. The van der Waals surface area contributed by atoms with Gasteiger partial charge < -0.3 is 5.73 Å². The Hall–Kier alpha value is -0.240. The van der Waals surface area contributed by atoms with E-state index in [-0.39, 0.29) is 18.3 Å². The van der Waals surface area contributed by atoms with Crippen molar-refractivity contribution in [2.24, 2.45) is 11.7 Å². The molecule has 0 saturated carbocycles. The third-order valence-corrected chi connectivity index (χ3v) is 2.27. The molecule has 0 spiro atoms. The second kappa shape index (κ2) is 9.85. The molecule has 0 aliphatic heterocycles. The summed E-state index contributed by atoms with van der Waals surface area (Å²) < 4.78 is 0. The van der Waals surface area contributed by atoms with Crippen LogP contribution in [0.4, 0.5) is 0 Å². The van der Waals surface area contributed by atoms with Crippen LogP contribution in [-0.4, -0.2) is 5.84 Å². The van der Waals surface area contributed by atoms with Crippen molar-refractivity contribution in [3.8, 4) is 0 Å². The molecular formula is C10H23ClN2. The lowest BCUT2D eigenvalue weighted by Gasteiger charge is -2.08. The number of rotatable bonds is 7. The summed E-state index contributed by atoms with van der Waals surface area (Å²) in [6.45, 7) is 4.25. The van der Waals surface area contributed by atoms with E-state index in [4.69, 9.17) is 11.1 Å². The SMILES string of the molecule is CCCCCCCC(C)C(=N)N.Cl. The third-order valence-electron chi connectivity index (χ3n) is 2.27. The zero-order valence-electron chi connectivity index (χ0n) is 8.81. The van der Waals surface area contributed by atoms with Crippen LogP contribution >= 0.6 is 12.4 Å². The van der Waals surface area contributed by atoms with Gasteiger partial charge in [0, 0.05) is 5.92 Å². The van der Waals surface area contributed by atoms with Crippen LogP contribution in [0.3, 0.4) is 0 Å². The molecular weight excluding hydrogens is 184 g/mol. The van der Waals surface area contributed by atoms with Crippen molar-refractivity contribution in [1.82, 2.24) is 0 Å². The van der Waals surface area contributed by atoms with Gasteiger partial charge in [0.2, 0.25) is 0 Å². The minimum atomic E-state index is 0. The van der Waals surface area contributed by atoms with Crippen LogP contribution < -0.4 is 5.73 Å². The fourth-order valence-corrected chi connectivity index (χ4v) is 1.21. The summed E-state index contributed by atoms with van der Waals surface area (Å²) >= 11 is 0. The van der Waals surface area contributed by atoms with Gasteiger partial charge in [-0.25, -0.2) is 0 Å². The van der Waals surface area contributed by atoms with Gasteiger partial charge in [-0.2, -0.15) is 0 Å². The van der Waals surface area contributed by atoms with Gasteiger partial charge in [0.05, 0.1) is 5.84 Å². The molecule has 0 aromatic heterocycles. The maximum absolute atomic E-state index is 7.19. The van der Waals surface area contributed by atoms with Gasteiger partial charge in [-0.1, -0.05) is 46.0 Å². The van der Waals surface area contributed by atoms with Crippen molar-refractivity contribution in [2.45, 2.75) is 52.4 Å². The van der Waals surface area contributed by atoms with Gasteiger partial charge in [-0.15, -0.1) is 12.4 Å². The summed E-state index contributed by atoms with van der Waals surface area (Å²) in [5, 5.41) is 7.19. The molecule has 0 aromatic rings. The van der Waals surface area contributed by atoms with Crippen LogP contribution in [-0.2, 0) is 0 Å². The van der Waals surface area contributed by atoms with E-state index in [0.717, 1.165) is 6.42 Å². The molecule has 80 valence electrons. The molecule has 2 nitrogen and oxygen atoms in total. The highest BCUT2D eigenvalue weighted by atomic mass is 35.5. The maximum Gasteiger partial charge on any atom is 0.0934 e. The smallest absolute Gasteiger partial charge is 0.0934 e. The van der Waals surface area contributed by atoms with E-state index in [1.807, 2.05) is 6.92 Å². The van der Waals surface area contributed by atoms with Gasteiger partial charge >= 0.3 is 0 Å². The Morgan fingerprint density at radius 1 is 1.23 bits per heavy atom. The van der Waals surface area contributed by atoms with Crippen molar-refractivity contribution in [1.29, 1.82) is 5.41 Å². The topological polar surface area (TPSA) is 49.9 Å². The van der Waals surface area contributed by atoms with Crippen molar-refractivity contribution >= 4 is 18.2 Å². The molecule has 1 atom stereocenters. The van der Waals surface area contributed by atoms with Crippen molar-refractivity contribution in [2.75, 3.05) is 0 Å². The fourth-order valence-electron chi connectivity index (χ4n) is 1.21. The molecule has 0 rings (SSSR count). The number of amidine groups is 1. The van der Waals surface area contributed by atoms with E-state index in [9.17, 15) is 0 Å². The van der Waals surface area contributed by atoms with E-state index in [1.165, 1.54) is 32.1 Å². The normalized spacial score (nSPS) is 11.8. The minimum absolute atomic E-state index is 0. The van der Waals surface area contributed by atoms with E-state index in [1.54, 1.807) is 0 Å². The molecule has 3 N–H and O–H groups in total. The van der Waals surface area contributed by atoms with Gasteiger partial charge in [0.15, 0.2) is 0 Å². The molecule has 1 unspecified atom stereocenters. The first-order valence-electron chi connectivity index (χ1n) is 5.02. The van der Waals surface area contributed by atoms with Gasteiger partial charge in [0.25, 0.3) is 0 Å². The van der Waals surface area contributed by atoms with Gasteiger partial charge in [-0.3, -0.25) is 5.41 Å². The summed E-state index contributed by atoms with van der Waals surface area (Å²) in [4.78, 5) is 0. The summed E-state index contributed by atoms with van der Waals surface area (Å²) in [6.07, 6.45) is 7.57. The lowest BCUT2D eigenvalue weighted by molar-refractivity contribution is 0.563. The largest absolute Gasteiger partial charge is 0.387 e. The monoisotopic (exact) mass is 206 g/mol. The molecule has 13 heavy (non-hydrogen) atoms. The van der Waals surface area contributed by atoms with Crippen LogP contribution in [0.25, 0.3) is 0 Å². The average Bonchev–Trinajstić information content (AvgIpc) is 2.03. The highest BCUT2D eigenvalue weighted by molar-refractivity contribution is 5.85. The molecule has 0 saturated heterocycles. The Morgan fingerprint density at radius 3 is 2.23 bits per heavy atom. The van der Waals surface area contributed by atoms with Crippen LogP contribution in [0, 0.1) is 11.3 Å². The highest BCUT2D eigenvalue weighted by Crippen LogP contribution is 2.10. The number of nitrogens with two attached hydrogens (primary N) is 1. The quantitative estimate of drug-likeness (QED) is 0.375. The van der Waals surface area contributed by atoms with Crippen LogP contribution in [0.1, 0.15) is 52.4 Å². The maximum atomic E-state index is 7.19. The lowest BCUT2D eigenvalue weighted by Crippen LogP contribution is -2.19. The first kappa shape index (κ1) is 15.2. The van der Waals surface area contributed by atoms with E-state index in [2.05, 4.69) is 6.92 Å². The summed E-state index contributed by atoms with van der Waals surface area (Å²) in [7, 11) is 0. The highest BCUT2D eigenvalue weighted by Gasteiger charge is 2.03. The number of hydrogen-bond donors (Lipinski definition) is 2. The molecule has 0 bridgehead atoms. The lowest BCUT2D eigenvalue weighted by atomic mass is 10.0. The van der Waals surface area contributed by atoms with Crippen molar-refractivity contribution < 1.29 is 0 Å². The standard InChI is InChI=1S/C10H22N2.ClH/c1-3-4-5-6-7-8-9(2)10(11)12;/h9H,3-8H2,1-2H3,(H3,11,12);1H. The molecule has 0 aromatic carbocycles. The minimum Gasteiger partial charge on any atom is -0.387 e. The van der Waals surface area contributed by atoms with E-state index in [0.29, 0.717) is 5.84 Å². The molecule has 0 amide bonds. The van der Waals surface area contributed by atoms with Crippen molar-refractivity contribution in [3.63, 3.8) is 0 Å². The molecule has 3 heteroatoms. The Kier molecular flexibility index (Phi) is 11.5. The Bertz CT molecular complexity index is 126. The predicted octanol–water partition coefficient (Wildman–Crippen LogP) is 3.34. The zero-order chi connectivity index (χ0) is 9.40. The number of unbranched alkanes of at least 4 members (excludes halogenated alkanes) is 4. The second-order valence-corrected chi connectivity index (χ2v) is 3.56. The molecule has 0 fully saturated rings. The summed E-state index contributed by atoms with van der Waals surface area (Å²) in [5.74, 6) is 0.622. The number of hydrogen-bond acceptors (Lipinski definition) is 1. The first-order valence-corrected chi connectivity index (χ1v) is 5.02. The Morgan fingerprint density at radius 2 is 1.77 bits per heavy atom. The van der Waals surface area contributed by atoms with Crippen LogP contribution in [0.2, 0.25) is 0 Å². The number of nitrogens with one attached hydrogen (secondary N) is 1. The fraction of sp³-hybridized carbons (Fsp3) is 0.900. The molecule has 0 radical (unpaired) electrons. The zero-order valence-corrected chi connectivity index (χ0v) is 9.62. The van der Waals surface area contributed by atoms with Crippen LogP contribution in [0.5, 0.6) is 0 Å². The van der Waals surface area contributed by atoms with Crippen molar-refractivity contribution in [3.05, 3.63) is 0 Å². The summed E-state index contributed by atoms with van der Waals surface area (Å²) in [5.41, 5.74) is 5.36. The predicted molar refractivity (Wildman–Crippen MR) is 61.7 cm³/mol. The van der Waals surface area contributed by atoms with E-state index >= 15 is 0 Å². The average molecular weight is 207 g/mol. The molecule has 0 aliphatic rings. The van der Waals surface area contributed by atoms with Gasteiger partial charge in [-0.05, 0) is 6.42 Å². The van der Waals surface area contributed by atoms with Crippen LogP contribution in [0.15, 0.2) is 0 Å². The Balaban J connectivity index is 0. The Labute approximate surface area is 88.2 Å². The second-order valence-electron chi connectivity index (χ2n) is 3.56. The first-order chi connectivity index (χ1) is 5.68. The van der Waals surface area contributed by atoms with Gasteiger partial charge in [0.1, 0.15) is 0 Å². The van der Waals surface area contributed by atoms with E-state index < -0.39 is 0 Å². The summed E-state index contributed by atoms with van der Waals surface area (Å²) in [6, 6.07) is 0. The molecule has 0 heterocycles.